The van der Waals surface area contributed by atoms with Crippen LogP contribution in [-0.4, -0.2) is 35.4 Å². The molecule has 5 heteroatoms. The number of ether oxygens (including phenoxy) is 1. The van der Waals surface area contributed by atoms with Crippen molar-refractivity contribution >= 4 is 5.78 Å². The highest BCUT2D eigenvalue weighted by atomic mass is 16.5. The van der Waals surface area contributed by atoms with E-state index in [4.69, 9.17) is 4.74 Å². The molecule has 2 atom stereocenters. The summed E-state index contributed by atoms with van der Waals surface area (Å²) in [6.45, 7) is 2.89. The molecule has 1 fully saturated rings. The molecule has 86 valence electrons. The first-order chi connectivity index (χ1) is 7.74. The van der Waals surface area contributed by atoms with E-state index in [0.717, 1.165) is 13.0 Å². The first-order valence-corrected chi connectivity index (χ1v) is 5.36. The molecule has 0 spiro atoms. The molecule has 0 radical (unpaired) electrons. The Morgan fingerprint density at radius 2 is 2.25 bits per heavy atom. The number of Topliss-reactive ketones (excluding diaryl/α,β-unsaturated/α-hetero) is 1. The van der Waals surface area contributed by atoms with Crippen LogP contribution in [0, 0.1) is 5.92 Å². The van der Waals surface area contributed by atoms with Crippen molar-refractivity contribution in [3.8, 4) is 5.88 Å². The maximum Gasteiger partial charge on any atom is 0.243 e. The predicted molar refractivity (Wildman–Crippen MR) is 58.5 cm³/mol. The van der Waals surface area contributed by atoms with Crippen LogP contribution in [0.1, 0.15) is 23.8 Å². The normalized spacial score (nSPS) is 24.4. The van der Waals surface area contributed by atoms with Crippen molar-refractivity contribution in [3.05, 3.63) is 18.1 Å². The lowest BCUT2D eigenvalue weighted by Crippen LogP contribution is -2.29. The molecule has 0 bridgehead atoms. The van der Waals surface area contributed by atoms with Crippen molar-refractivity contribution in [2.24, 2.45) is 5.92 Å². The lowest BCUT2D eigenvalue weighted by atomic mass is 9.95. The molecule has 1 saturated heterocycles. The van der Waals surface area contributed by atoms with E-state index in [1.165, 1.54) is 19.5 Å². The fourth-order valence-electron chi connectivity index (χ4n) is 2.04. The standard InChI is InChI=1S/C11H15N3O2/c1-7-8(3-4-12-7)10(15)9-11(16-2)14-6-5-13-9/h5-8,12H,3-4H2,1-2H3. The van der Waals surface area contributed by atoms with E-state index in [0.29, 0.717) is 11.6 Å². The molecule has 0 aliphatic carbocycles. The molecule has 1 aromatic rings. The molecule has 2 heterocycles. The van der Waals surface area contributed by atoms with Crippen LogP contribution in [-0.2, 0) is 0 Å². The van der Waals surface area contributed by atoms with Crippen LogP contribution >= 0.6 is 0 Å². The van der Waals surface area contributed by atoms with Gasteiger partial charge >= 0.3 is 0 Å². The fourth-order valence-corrected chi connectivity index (χ4v) is 2.04. The highest BCUT2D eigenvalue weighted by Gasteiger charge is 2.32. The summed E-state index contributed by atoms with van der Waals surface area (Å²) >= 11 is 0. The second-order valence-electron chi connectivity index (χ2n) is 3.92. The summed E-state index contributed by atoms with van der Waals surface area (Å²) in [6, 6.07) is 0.194. The largest absolute Gasteiger partial charge is 0.479 e. The minimum atomic E-state index is -0.0226. The van der Waals surface area contributed by atoms with Gasteiger partial charge in [-0.3, -0.25) is 4.79 Å². The van der Waals surface area contributed by atoms with Crippen LogP contribution < -0.4 is 10.1 Å². The number of nitrogens with one attached hydrogen (secondary N) is 1. The Kier molecular flexibility index (Phi) is 3.14. The van der Waals surface area contributed by atoms with Crippen molar-refractivity contribution in [2.45, 2.75) is 19.4 Å². The number of rotatable bonds is 3. The number of aromatic nitrogens is 2. The van der Waals surface area contributed by atoms with Crippen molar-refractivity contribution in [2.75, 3.05) is 13.7 Å². The fraction of sp³-hybridized carbons (Fsp3) is 0.545. The van der Waals surface area contributed by atoms with Gasteiger partial charge in [-0.05, 0) is 19.9 Å². The Hall–Kier alpha value is -1.49. The zero-order valence-corrected chi connectivity index (χ0v) is 9.43. The molecule has 1 N–H and O–H groups in total. The predicted octanol–water partition coefficient (Wildman–Crippen LogP) is 0.666. The van der Waals surface area contributed by atoms with Gasteiger partial charge in [0.15, 0.2) is 11.5 Å². The van der Waals surface area contributed by atoms with Gasteiger partial charge in [-0.2, -0.15) is 0 Å². The van der Waals surface area contributed by atoms with Crippen molar-refractivity contribution in [1.29, 1.82) is 0 Å². The minimum absolute atomic E-state index is 0.0162. The Bertz CT molecular complexity index is 395. The molecule has 0 aromatic carbocycles. The number of carbonyl (C=O) groups is 1. The van der Waals surface area contributed by atoms with Gasteiger partial charge in [-0.1, -0.05) is 0 Å². The summed E-state index contributed by atoms with van der Waals surface area (Å²) in [4.78, 5) is 20.3. The number of carbonyl (C=O) groups excluding carboxylic acids is 1. The number of ketones is 1. The van der Waals surface area contributed by atoms with E-state index in [1.807, 2.05) is 6.92 Å². The first-order valence-electron chi connectivity index (χ1n) is 5.36. The summed E-state index contributed by atoms with van der Waals surface area (Å²) in [7, 11) is 1.50. The van der Waals surface area contributed by atoms with Gasteiger partial charge in [0, 0.05) is 24.4 Å². The zero-order chi connectivity index (χ0) is 11.5. The third kappa shape index (κ3) is 1.90. The molecule has 1 aliphatic heterocycles. The minimum Gasteiger partial charge on any atom is -0.479 e. The Labute approximate surface area is 94.2 Å². The van der Waals surface area contributed by atoms with Gasteiger partial charge < -0.3 is 10.1 Å². The molecule has 16 heavy (non-hydrogen) atoms. The van der Waals surface area contributed by atoms with Crippen LogP contribution in [0.25, 0.3) is 0 Å². The summed E-state index contributed by atoms with van der Waals surface area (Å²) in [6.07, 6.45) is 3.88. The van der Waals surface area contributed by atoms with E-state index in [1.54, 1.807) is 0 Å². The van der Waals surface area contributed by atoms with Crippen LogP contribution in [0.3, 0.4) is 0 Å². The number of hydrogen-bond acceptors (Lipinski definition) is 5. The van der Waals surface area contributed by atoms with E-state index in [-0.39, 0.29) is 17.7 Å². The Morgan fingerprint density at radius 1 is 1.50 bits per heavy atom. The highest BCUT2D eigenvalue weighted by molar-refractivity contribution is 5.98. The smallest absolute Gasteiger partial charge is 0.243 e. The van der Waals surface area contributed by atoms with E-state index in [9.17, 15) is 4.79 Å². The zero-order valence-electron chi connectivity index (χ0n) is 9.43. The van der Waals surface area contributed by atoms with Crippen LogP contribution in [0.2, 0.25) is 0 Å². The molecule has 5 nitrogen and oxygen atoms in total. The molecule has 1 aliphatic rings. The average Bonchev–Trinajstić information content (AvgIpc) is 2.74. The lowest BCUT2D eigenvalue weighted by molar-refractivity contribution is 0.0904. The van der Waals surface area contributed by atoms with Gasteiger partial charge in [-0.25, -0.2) is 9.97 Å². The maximum atomic E-state index is 12.2. The van der Waals surface area contributed by atoms with E-state index in [2.05, 4.69) is 15.3 Å². The number of hydrogen-bond donors (Lipinski definition) is 1. The molecular weight excluding hydrogens is 206 g/mol. The van der Waals surface area contributed by atoms with Crippen LogP contribution in [0.15, 0.2) is 12.4 Å². The summed E-state index contributed by atoms with van der Waals surface area (Å²) in [5.41, 5.74) is 0.338. The molecular formula is C11H15N3O2. The average molecular weight is 221 g/mol. The van der Waals surface area contributed by atoms with Crippen molar-refractivity contribution < 1.29 is 9.53 Å². The topological polar surface area (TPSA) is 64.1 Å². The van der Waals surface area contributed by atoms with E-state index < -0.39 is 0 Å². The molecule has 2 rings (SSSR count). The van der Waals surface area contributed by atoms with E-state index >= 15 is 0 Å². The lowest BCUT2D eigenvalue weighted by Gasteiger charge is -2.13. The second kappa shape index (κ2) is 4.57. The summed E-state index contributed by atoms with van der Waals surface area (Å²) < 4.78 is 5.05. The number of nitrogens with zero attached hydrogens (tertiary/aromatic N) is 2. The third-order valence-corrected chi connectivity index (χ3v) is 2.95. The van der Waals surface area contributed by atoms with Crippen molar-refractivity contribution in [1.82, 2.24) is 15.3 Å². The van der Waals surface area contributed by atoms with Gasteiger partial charge in [-0.15, -0.1) is 0 Å². The van der Waals surface area contributed by atoms with Gasteiger partial charge in [0.05, 0.1) is 7.11 Å². The molecule has 0 saturated carbocycles. The van der Waals surface area contributed by atoms with Crippen molar-refractivity contribution in [3.63, 3.8) is 0 Å². The monoisotopic (exact) mass is 221 g/mol. The quantitative estimate of drug-likeness (QED) is 0.760. The van der Waals surface area contributed by atoms with Gasteiger partial charge in [0.1, 0.15) is 0 Å². The van der Waals surface area contributed by atoms with Crippen LogP contribution in [0.4, 0.5) is 0 Å². The molecule has 0 amide bonds. The Morgan fingerprint density at radius 3 is 2.88 bits per heavy atom. The third-order valence-electron chi connectivity index (χ3n) is 2.95. The van der Waals surface area contributed by atoms with Gasteiger partial charge in [0.2, 0.25) is 5.88 Å². The Balaban J connectivity index is 2.26. The first kappa shape index (κ1) is 11.0. The summed E-state index contributed by atoms with van der Waals surface area (Å²) in [5.74, 6) is 0.305. The second-order valence-corrected chi connectivity index (χ2v) is 3.92. The SMILES string of the molecule is COc1nccnc1C(=O)C1CCNC1C. The van der Waals surface area contributed by atoms with Crippen LogP contribution in [0.5, 0.6) is 5.88 Å². The molecule has 1 aromatic heterocycles. The maximum absolute atomic E-state index is 12.2. The molecule has 2 unspecified atom stereocenters. The summed E-state index contributed by atoms with van der Waals surface area (Å²) in [5, 5.41) is 3.25. The number of methoxy groups -OCH3 is 1. The van der Waals surface area contributed by atoms with Gasteiger partial charge in [0.25, 0.3) is 0 Å². The highest BCUT2D eigenvalue weighted by Crippen LogP contribution is 2.23.